The Hall–Kier alpha value is -2.08. The molecule has 0 bridgehead atoms. The molecule has 0 atom stereocenters. The Morgan fingerprint density at radius 2 is 1.43 bits per heavy atom. The zero-order valence-corrected chi connectivity index (χ0v) is 12.7. The fourth-order valence-electron chi connectivity index (χ4n) is 3.01. The molecule has 21 heavy (non-hydrogen) atoms. The molecule has 3 rings (SSSR count). The molecule has 0 radical (unpaired) electrons. The lowest BCUT2D eigenvalue weighted by atomic mass is 9.97. The van der Waals surface area contributed by atoms with Gasteiger partial charge in [-0.1, -0.05) is 80.1 Å². The molecule has 1 aliphatic rings. The Bertz CT molecular complexity index is 645. The van der Waals surface area contributed by atoms with Gasteiger partial charge >= 0.3 is 0 Å². The maximum absolute atomic E-state index is 2.42. The number of rotatable bonds is 5. The van der Waals surface area contributed by atoms with Crippen LogP contribution in [0.5, 0.6) is 0 Å². The minimum atomic E-state index is 1.06. The molecule has 0 aliphatic heterocycles. The summed E-state index contributed by atoms with van der Waals surface area (Å²) in [5.74, 6) is 0. The van der Waals surface area contributed by atoms with E-state index in [1.54, 1.807) is 0 Å². The predicted molar refractivity (Wildman–Crippen MR) is 91.9 cm³/mol. The summed E-state index contributed by atoms with van der Waals surface area (Å²) in [6.45, 7) is 2.26. The van der Waals surface area contributed by atoms with E-state index >= 15 is 0 Å². The SMILES string of the molecule is CCCCC1=C(c2ccccc2)CC(c2ccccc2)=C1. The fraction of sp³-hybridized carbons (Fsp3) is 0.238. The first-order valence-electron chi connectivity index (χ1n) is 7.92. The molecule has 1 aliphatic carbocycles. The van der Waals surface area contributed by atoms with Gasteiger partial charge in [0.2, 0.25) is 0 Å². The number of allylic oxidation sites excluding steroid dienone is 4. The van der Waals surface area contributed by atoms with Crippen molar-refractivity contribution < 1.29 is 0 Å². The topological polar surface area (TPSA) is 0 Å². The highest BCUT2D eigenvalue weighted by atomic mass is 14.2. The van der Waals surface area contributed by atoms with Crippen molar-refractivity contribution in [2.45, 2.75) is 32.6 Å². The molecule has 0 saturated carbocycles. The van der Waals surface area contributed by atoms with Crippen molar-refractivity contribution in [1.82, 2.24) is 0 Å². The zero-order chi connectivity index (χ0) is 14.5. The predicted octanol–water partition coefficient (Wildman–Crippen LogP) is 6.12. The minimum Gasteiger partial charge on any atom is -0.0654 e. The van der Waals surface area contributed by atoms with Crippen LogP contribution in [0.1, 0.15) is 43.7 Å². The molecule has 106 valence electrons. The highest BCUT2D eigenvalue weighted by Gasteiger charge is 2.17. The lowest BCUT2D eigenvalue weighted by Gasteiger charge is -2.08. The standard InChI is InChI=1S/C21H22/c1-2-3-10-19-15-20(17-11-6-4-7-12-17)16-21(19)18-13-8-5-9-14-18/h4-9,11-15H,2-3,10,16H2,1H3. The molecule has 0 spiro atoms. The average molecular weight is 274 g/mol. The van der Waals surface area contributed by atoms with Gasteiger partial charge in [0.05, 0.1) is 0 Å². The van der Waals surface area contributed by atoms with Crippen molar-refractivity contribution in [3.63, 3.8) is 0 Å². The van der Waals surface area contributed by atoms with Crippen LogP contribution >= 0.6 is 0 Å². The summed E-state index contributed by atoms with van der Waals surface area (Å²) >= 11 is 0. The second-order valence-corrected chi connectivity index (χ2v) is 5.69. The second kappa shape index (κ2) is 6.58. The quantitative estimate of drug-likeness (QED) is 0.616. The molecule has 0 heteroatoms. The van der Waals surface area contributed by atoms with Crippen molar-refractivity contribution in [1.29, 1.82) is 0 Å². The number of hydrogen-bond donors (Lipinski definition) is 0. The van der Waals surface area contributed by atoms with E-state index in [1.165, 1.54) is 47.1 Å². The van der Waals surface area contributed by atoms with Crippen LogP contribution in [-0.2, 0) is 0 Å². The molecule has 0 unspecified atom stereocenters. The highest BCUT2D eigenvalue weighted by Crippen LogP contribution is 2.39. The van der Waals surface area contributed by atoms with Gasteiger partial charge in [0.1, 0.15) is 0 Å². The summed E-state index contributed by atoms with van der Waals surface area (Å²) in [7, 11) is 0. The van der Waals surface area contributed by atoms with Gasteiger partial charge in [-0.05, 0) is 47.1 Å². The number of benzene rings is 2. The van der Waals surface area contributed by atoms with Gasteiger partial charge in [-0.15, -0.1) is 0 Å². The van der Waals surface area contributed by atoms with Gasteiger partial charge < -0.3 is 0 Å². The van der Waals surface area contributed by atoms with E-state index in [9.17, 15) is 0 Å². The molecule has 0 heterocycles. The largest absolute Gasteiger partial charge is 0.0654 e. The molecule has 0 saturated heterocycles. The maximum Gasteiger partial charge on any atom is -0.00111 e. The third kappa shape index (κ3) is 3.16. The van der Waals surface area contributed by atoms with Gasteiger partial charge in [-0.25, -0.2) is 0 Å². The normalized spacial score (nSPS) is 14.4. The summed E-state index contributed by atoms with van der Waals surface area (Å²) in [6.07, 6.45) is 7.20. The van der Waals surface area contributed by atoms with Gasteiger partial charge in [0.15, 0.2) is 0 Å². The monoisotopic (exact) mass is 274 g/mol. The molecular weight excluding hydrogens is 252 g/mol. The van der Waals surface area contributed by atoms with Gasteiger partial charge in [0.25, 0.3) is 0 Å². The Balaban J connectivity index is 1.91. The van der Waals surface area contributed by atoms with E-state index in [4.69, 9.17) is 0 Å². The van der Waals surface area contributed by atoms with Gasteiger partial charge in [-0.3, -0.25) is 0 Å². The van der Waals surface area contributed by atoms with Gasteiger partial charge in [-0.2, -0.15) is 0 Å². The van der Waals surface area contributed by atoms with Crippen LogP contribution in [0.3, 0.4) is 0 Å². The van der Waals surface area contributed by atoms with Gasteiger partial charge in [0, 0.05) is 0 Å². The third-order valence-corrected chi connectivity index (χ3v) is 4.17. The zero-order valence-electron chi connectivity index (χ0n) is 12.7. The van der Waals surface area contributed by atoms with Crippen molar-refractivity contribution in [3.8, 4) is 0 Å². The fourth-order valence-corrected chi connectivity index (χ4v) is 3.01. The van der Waals surface area contributed by atoms with Crippen LogP contribution in [0.25, 0.3) is 11.1 Å². The Labute approximate surface area is 127 Å². The lowest BCUT2D eigenvalue weighted by Crippen LogP contribution is -1.87. The van der Waals surface area contributed by atoms with E-state index in [-0.39, 0.29) is 0 Å². The van der Waals surface area contributed by atoms with E-state index in [0.717, 1.165) is 6.42 Å². The maximum atomic E-state index is 2.42. The molecule has 0 amide bonds. The molecule has 2 aromatic rings. The van der Waals surface area contributed by atoms with E-state index in [1.807, 2.05) is 0 Å². The summed E-state index contributed by atoms with van der Waals surface area (Å²) in [4.78, 5) is 0. The van der Waals surface area contributed by atoms with Crippen LogP contribution in [0.4, 0.5) is 0 Å². The third-order valence-electron chi connectivity index (χ3n) is 4.17. The summed E-state index contributed by atoms with van der Waals surface area (Å²) < 4.78 is 0. The second-order valence-electron chi connectivity index (χ2n) is 5.69. The van der Waals surface area contributed by atoms with Crippen LogP contribution < -0.4 is 0 Å². The van der Waals surface area contributed by atoms with Crippen LogP contribution in [0, 0.1) is 0 Å². The summed E-state index contributed by atoms with van der Waals surface area (Å²) in [5.41, 5.74) is 7.24. The lowest BCUT2D eigenvalue weighted by molar-refractivity contribution is 0.800. The molecule has 0 aromatic heterocycles. The number of hydrogen-bond acceptors (Lipinski definition) is 0. The highest BCUT2D eigenvalue weighted by molar-refractivity contribution is 5.89. The van der Waals surface area contributed by atoms with E-state index < -0.39 is 0 Å². The van der Waals surface area contributed by atoms with Crippen LogP contribution in [-0.4, -0.2) is 0 Å². The van der Waals surface area contributed by atoms with Crippen molar-refractivity contribution in [2.24, 2.45) is 0 Å². The van der Waals surface area contributed by atoms with E-state index in [2.05, 4.69) is 73.7 Å². The first kappa shape index (κ1) is 13.9. The van der Waals surface area contributed by atoms with E-state index in [0.29, 0.717) is 0 Å². The number of unbranched alkanes of at least 4 members (excludes halogenated alkanes) is 1. The van der Waals surface area contributed by atoms with Crippen molar-refractivity contribution in [3.05, 3.63) is 83.4 Å². The minimum absolute atomic E-state index is 1.06. The molecule has 0 nitrogen and oxygen atoms in total. The Morgan fingerprint density at radius 1 is 0.810 bits per heavy atom. The molecule has 2 aromatic carbocycles. The summed E-state index contributed by atoms with van der Waals surface area (Å²) in [6, 6.07) is 21.6. The first-order valence-corrected chi connectivity index (χ1v) is 7.92. The molecule has 0 fully saturated rings. The summed E-state index contributed by atoms with van der Waals surface area (Å²) in [5, 5.41) is 0. The Morgan fingerprint density at radius 3 is 2.05 bits per heavy atom. The first-order chi connectivity index (χ1) is 10.4. The average Bonchev–Trinajstić information content (AvgIpc) is 2.99. The smallest absolute Gasteiger partial charge is 0.00111 e. The van der Waals surface area contributed by atoms with Crippen molar-refractivity contribution >= 4 is 11.1 Å². The Kier molecular flexibility index (Phi) is 4.35. The van der Waals surface area contributed by atoms with Crippen LogP contribution in [0.2, 0.25) is 0 Å². The van der Waals surface area contributed by atoms with Crippen molar-refractivity contribution in [2.75, 3.05) is 0 Å². The molecule has 0 N–H and O–H groups in total. The molecular formula is C21H22. The van der Waals surface area contributed by atoms with Crippen LogP contribution in [0.15, 0.2) is 72.3 Å².